The first-order valence-electron chi connectivity index (χ1n) is 5.29. The van der Waals surface area contributed by atoms with Gasteiger partial charge in [-0.15, -0.1) is 11.3 Å². The topological polar surface area (TPSA) is 150 Å². The van der Waals surface area contributed by atoms with Gasteiger partial charge in [0.1, 0.15) is 21.2 Å². The van der Waals surface area contributed by atoms with Gasteiger partial charge in [0.2, 0.25) is 5.91 Å². The molecule has 4 N–H and O–H groups in total. The van der Waals surface area contributed by atoms with Gasteiger partial charge in [-0.05, 0) is 18.6 Å². The van der Waals surface area contributed by atoms with Crippen LogP contribution in [0.2, 0.25) is 0 Å². The van der Waals surface area contributed by atoms with E-state index >= 15 is 0 Å². The summed E-state index contributed by atoms with van der Waals surface area (Å²) in [4.78, 5) is 21.8. The molecule has 0 fully saturated rings. The number of nitriles is 1. The fourth-order valence-electron chi connectivity index (χ4n) is 1.29. The SMILES string of the molecule is N#Cc1ccc(S(=O)(=O)N[C@@H](CCC(N)=O)C(=O)O)s1. The van der Waals surface area contributed by atoms with Gasteiger partial charge in [0.15, 0.2) is 0 Å². The lowest BCUT2D eigenvalue weighted by atomic mass is 10.2. The third kappa shape index (κ3) is 4.30. The summed E-state index contributed by atoms with van der Waals surface area (Å²) >= 11 is 0.722. The summed E-state index contributed by atoms with van der Waals surface area (Å²) in [6.45, 7) is 0. The van der Waals surface area contributed by atoms with Crippen LogP contribution in [0, 0.1) is 11.3 Å². The van der Waals surface area contributed by atoms with Crippen molar-refractivity contribution < 1.29 is 23.1 Å². The van der Waals surface area contributed by atoms with E-state index in [-0.39, 0.29) is 21.9 Å². The largest absolute Gasteiger partial charge is 0.480 e. The van der Waals surface area contributed by atoms with Gasteiger partial charge in [-0.25, -0.2) is 8.42 Å². The monoisotopic (exact) mass is 317 g/mol. The maximum atomic E-state index is 11.9. The molecule has 1 aromatic heterocycles. The molecular formula is C10H11N3O5S2. The molecular weight excluding hydrogens is 306 g/mol. The highest BCUT2D eigenvalue weighted by atomic mass is 32.2. The van der Waals surface area contributed by atoms with Crippen LogP contribution in [0.1, 0.15) is 17.7 Å². The number of hydrogen-bond acceptors (Lipinski definition) is 6. The lowest BCUT2D eigenvalue weighted by Crippen LogP contribution is -2.41. The molecule has 0 aliphatic carbocycles. The van der Waals surface area contributed by atoms with Gasteiger partial charge in [-0.3, -0.25) is 9.59 Å². The predicted octanol–water partition coefficient (Wildman–Crippen LogP) is -0.383. The number of aliphatic carboxylic acids is 1. The Morgan fingerprint density at radius 2 is 2.15 bits per heavy atom. The molecule has 1 heterocycles. The van der Waals surface area contributed by atoms with Crippen molar-refractivity contribution >= 4 is 33.2 Å². The number of hydrogen-bond donors (Lipinski definition) is 3. The Hall–Kier alpha value is -1.96. The van der Waals surface area contributed by atoms with Crippen molar-refractivity contribution in [3.8, 4) is 6.07 Å². The minimum Gasteiger partial charge on any atom is -0.480 e. The number of amides is 1. The van der Waals surface area contributed by atoms with Crippen LogP contribution in [0.3, 0.4) is 0 Å². The number of sulfonamides is 1. The smallest absolute Gasteiger partial charge is 0.321 e. The van der Waals surface area contributed by atoms with Crippen LogP contribution >= 0.6 is 11.3 Å². The Kier molecular flexibility index (Phi) is 5.20. The molecule has 0 spiro atoms. The number of rotatable bonds is 7. The lowest BCUT2D eigenvalue weighted by molar-refractivity contribution is -0.139. The van der Waals surface area contributed by atoms with Crippen molar-refractivity contribution in [2.45, 2.75) is 23.1 Å². The summed E-state index contributed by atoms with van der Waals surface area (Å²) in [5.74, 6) is -2.13. The van der Waals surface area contributed by atoms with Crippen LogP contribution in [0.15, 0.2) is 16.3 Å². The Balaban J connectivity index is 2.89. The van der Waals surface area contributed by atoms with Gasteiger partial charge in [0.05, 0.1) is 0 Å². The van der Waals surface area contributed by atoms with Crippen molar-refractivity contribution in [3.63, 3.8) is 0 Å². The molecule has 20 heavy (non-hydrogen) atoms. The molecule has 0 unspecified atom stereocenters. The van der Waals surface area contributed by atoms with Crippen LogP contribution in [-0.2, 0) is 19.6 Å². The molecule has 0 bridgehead atoms. The first-order valence-corrected chi connectivity index (χ1v) is 7.59. The zero-order valence-corrected chi connectivity index (χ0v) is 11.7. The van der Waals surface area contributed by atoms with E-state index in [1.807, 2.05) is 4.72 Å². The Morgan fingerprint density at radius 3 is 2.60 bits per heavy atom. The van der Waals surface area contributed by atoms with Crippen LogP contribution in [0.25, 0.3) is 0 Å². The first kappa shape index (κ1) is 16.1. The third-order valence-electron chi connectivity index (χ3n) is 2.23. The number of carbonyl (C=O) groups is 2. The van der Waals surface area contributed by atoms with E-state index in [2.05, 4.69) is 0 Å². The summed E-state index contributed by atoms with van der Waals surface area (Å²) in [6, 6.07) is 2.85. The Morgan fingerprint density at radius 1 is 1.50 bits per heavy atom. The van der Waals surface area contributed by atoms with Crippen molar-refractivity contribution in [1.82, 2.24) is 4.72 Å². The molecule has 0 aliphatic heterocycles. The molecule has 0 radical (unpaired) electrons. The summed E-state index contributed by atoms with van der Waals surface area (Å²) in [6.07, 6.45) is -0.506. The van der Waals surface area contributed by atoms with Gasteiger partial charge in [0, 0.05) is 6.42 Å². The van der Waals surface area contributed by atoms with Gasteiger partial charge in [0.25, 0.3) is 10.0 Å². The minimum atomic E-state index is -4.06. The number of carboxylic acid groups (broad SMARTS) is 1. The Labute approximate surface area is 118 Å². The molecule has 1 rings (SSSR count). The molecule has 108 valence electrons. The number of thiophene rings is 1. The quantitative estimate of drug-likeness (QED) is 0.623. The van der Waals surface area contributed by atoms with E-state index in [9.17, 15) is 18.0 Å². The van der Waals surface area contributed by atoms with E-state index < -0.39 is 27.9 Å². The van der Waals surface area contributed by atoms with Crippen molar-refractivity contribution in [2.75, 3.05) is 0 Å². The number of carbonyl (C=O) groups excluding carboxylic acids is 1. The fourth-order valence-corrected chi connectivity index (χ4v) is 3.63. The fraction of sp³-hybridized carbons (Fsp3) is 0.300. The second-order valence-corrected chi connectivity index (χ2v) is 6.77. The van der Waals surface area contributed by atoms with Crippen LogP contribution in [-0.4, -0.2) is 31.4 Å². The van der Waals surface area contributed by atoms with E-state index in [4.69, 9.17) is 16.1 Å². The van der Waals surface area contributed by atoms with E-state index in [1.54, 1.807) is 6.07 Å². The second kappa shape index (κ2) is 6.47. The lowest BCUT2D eigenvalue weighted by Gasteiger charge is -2.12. The molecule has 0 aromatic carbocycles. The third-order valence-corrected chi connectivity index (χ3v) is 5.18. The summed E-state index contributed by atoms with van der Waals surface area (Å²) in [7, 11) is -4.06. The van der Waals surface area contributed by atoms with E-state index in [0.29, 0.717) is 0 Å². The van der Waals surface area contributed by atoms with Gasteiger partial charge < -0.3 is 10.8 Å². The maximum Gasteiger partial charge on any atom is 0.321 e. The van der Waals surface area contributed by atoms with Crippen molar-refractivity contribution in [2.24, 2.45) is 5.73 Å². The molecule has 0 saturated carbocycles. The summed E-state index contributed by atoms with van der Waals surface area (Å²) in [5, 5.41) is 17.6. The summed E-state index contributed by atoms with van der Waals surface area (Å²) in [5.41, 5.74) is 4.89. The highest BCUT2D eigenvalue weighted by Crippen LogP contribution is 2.21. The molecule has 10 heteroatoms. The molecule has 1 atom stereocenters. The predicted molar refractivity (Wildman–Crippen MR) is 69.2 cm³/mol. The number of nitrogens with zero attached hydrogens (tertiary/aromatic N) is 1. The zero-order valence-electron chi connectivity index (χ0n) is 10.1. The normalized spacial score (nSPS) is 12.6. The van der Waals surface area contributed by atoms with Crippen LogP contribution in [0.5, 0.6) is 0 Å². The van der Waals surface area contributed by atoms with Gasteiger partial charge in [-0.1, -0.05) is 0 Å². The highest BCUT2D eigenvalue weighted by Gasteiger charge is 2.26. The number of nitrogens with two attached hydrogens (primary N) is 1. The Bertz CT molecular complexity index is 659. The summed E-state index contributed by atoms with van der Waals surface area (Å²) < 4.78 is 25.7. The molecule has 0 aliphatic rings. The molecule has 8 nitrogen and oxygen atoms in total. The number of nitrogens with one attached hydrogen (secondary N) is 1. The number of carboxylic acids is 1. The zero-order chi connectivity index (χ0) is 15.3. The van der Waals surface area contributed by atoms with Gasteiger partial charge in [-0.2, -0.15) is 9.98 Å². The first-order chi connectivity index (χ1) is 9.26. The minimum absolute atomic E-state index is 0.167. The van der Waals surface area contributed by atoms with Gasteiger partial charge >= 0.3 is 5.97 Å². The molecule has 0 saturated heterocycles. The van der Waals surface area contributed by atoms with Crippen LogP contribution < -0.4 is 10.5 Å². The van der Waals surface area contributed by atoms with E-state index in [0.717, 1.165) is 11.3 Å². The highest BCUT2D eigenvalue weighted by molar-refractivity contribution is 7.91. The van der Waals surface area contributed by atoms with E-state index in [1.165, 1.54) is 12.1 Å². The molecule has 1 amide bonds. The number of primary amides is 1. The van der Waals surface area contributed by atoms with Crippen molar-refractivity contribution in [1.29, 1.82) is 5.26 Å². The average Bonchev–Trinajstić information content (AvgIpc) is 2.83. The maximum absolute atomic E-state index is 11.9. The standard InChI is InChI=1S/C10H11N3O5S2/c11-5-6-1-4-9(19-6)20(17,18)13-7(10(15)16)2-3-8(12)14/h1,4,7,13H,2-3H2,(H2,12,14)(H,15,16)/t7-/m0/s1. The second-order valence-electron chi connectivity index (χ2n) is 3.75. The van der Waals surface area contributed by atoms with Crippen LogP contribution in [0.4, 0.5) is 0 Å². The average molecular weight is 317 g/mol. The van der Waals surface area contributed by atoms with Crippen molar-refractivity contribution in [3.05, 3.63) is 17.0 Å². The molecule has 1 aromatic rings.